The van der Waals surface area contributed by atoms with Crippen LogP contribution in [0, 0.1) is 0 Å². The minimum atomic E-state index is 0. The SMILES string of the molecule is CCN(CC)C(C)CNC(=NC)NCc1cc(C(C)C)no1.I. The highest BCUT2D eigenvalue weighted by Crippen LogP contribution is 2.13. The minimum absolute atomic E-state index is 0. The lowest BCUT2D eigenvalue weighted by Gasteiger charge is -2.27. The standard InChI is InChI=1S/C16H31N5O.HI/c1-7-21(8-2)13(5)10-18-16(17-6)19-11-14-9-15(12(3)4)20-22-14;/h9,12-13H,7-8,10-11H2,1-6H3,(H2,17,18,19);1H. The summed E-state index contributed by atoms with van der Waals surface area (Å²) < 4.78 is 5.32. The number of guanidine groups is 1. The van der Waals surface area contributed by atoms with Crippen molar-refractivity contribution in [2.24, 2.45) is 4.99 Å². The van der Waals surface area contributed by atoms with E-state index in [1.807, 2.05) is 6.07 Å². The lowest BCUT2D eigenvalue weighted by Crippen LogP contribution is -2.45. The van der Waals surface area contributed by atoms with Gasteiger partial charge in [0, 0.05) is 25.7 Å². The van der Waals surface area contributed by atoms with Gasteiger partial charge < -0.3 is 15.2 Å². The molecule has 0 bridgehead atoms. The monoisotopic (exact) mass is 437 g/mol. The van der Waals surface area contributed by atoms with Crippen LogP contribution in [0.25, 0.3) is 0 Å². The molecule has 1 atom stereocenters. The van der Waals surface area contributed by atoms with E-state index in [1.54, 1.807) is 7.05 Å². The molecular weight excluding hydrogens is 405 g/mol. The molecule has 0 aliphatic heterocycles. The van der Waals surface area contributed by atoms with Gasteiger partial charge in [0.25, 0.3) is 0 Å². The zero-order valence-corrected chi connectivity index (χ0v) is 17.5. The van der Waals surface area contributed by atoms with Crippen LogP contribution in [0.1, 0.15) is 52.0 Å². The summed E-state index contributed by atoms with van der Waals surface area (Å²) in [5.74, 6) is 1.98. The summed E-state index contributed by atoms with van der Waals surface area (Å²) in [5.41, 5.74) is 0.981. The first-order valence-electron chi connectivity index (χ1n) is 8.15. The Balaban J connectivity index is 0.00000484. The van der Waals surface area contributed by atoms with Crippen molar-refractivity contribution >= 4 is 29.9 Å². The fraction of sp³-hybridized carbons (Fsp3) is 0.750. The maximum Gasteiger partial charge on any atom is 0.191 e. The van der Waals surface area contributed by atoms with Gasteiger partial charge in [-0.05, 0) is 25.9 Å². The Hall–Kier alpha value is -0.830. The van der Waals surface area contributed by atoms with Gasteiger partial charge in [-0.25, -0.2) is 0 Å². The third kappa shape index (κ3) is 7.52. The Morgan fingerprint density at radius 1 is 1.26 bits per heavy atom. The molecule has 0 saturated heterocycles. The molecule has 1 aromatic rings. The van der Waals surface area contributed by atoms with Gasteiger partial charge in [-0.15, -0.1) is 24.0 Å². The smallest absolute Gasteiger partial charge is 0.191 e. The molecule has 0 spiro atoms. The van der Waals surface area contributed by atoms with Crippen LogP contribution in [0.5, 0.6) is 0 Å². The summed E-state index contributed by atoms with van der Waals surface area (Å²) in [6, 6.07) is 2.45. The second-order valence-electron chi connectivity index (χ2n) is 5.75. The van der Waals surface area contributed by atoms with Crippen LogP contribution < -0.4 is 10.6 Å². The molecular formula is C16H32IN5O. The lowest BCUT2D eigenvalue weighted by atomic mass is 10.1. The zero-order chi connectivity index (χ0) is 16.5. The fourth-order valence-electron chi connectivity index (χ4n) is 2.30. The van der Waals surface area contributed by atoms with Crippen molar-refractivity contribution in [2.75, 3.05) is 26.7 Å². The van der Waals surface area contributed by atoms with Gasteiger partial charge >= 0.3 is 0 Å². The van der Waals surface area contributed by atoms with E-state index in [9.17, 15) is 0 Å². The Labute approximate surface area is 157 Å². The third-order valence-corrected chi connectivity index (χ3v) is 3.82. The molecule has 6 nitrogen and oxygen atoms in total. The maximum atomic E-state index is 5.32. The van der Waals surface area contributed by atoms with Crippen LogP contribution in [-0.4, -0.2) is 48.7 Å². The first-order chi connectivity index (χ1) is 10.5. The van der Waals surface area contributed by atoms with E-state index < -0.39 is 0 Å². The Morgan fingerprint density at radius 2 is 1.91 bits per heavy atom. The summed E-state index contributed by atoms with van der Waals surface area (Å²) in [5, 5.41) is 10.7. The average Bonchev–Trinajstić information content (AvgIpc) is 2.98. The first kappa shape index (κ1) is 22.2. The number of hydrogen-bond donors (Lipinski definition) is 2. The molecule has 1 aromatic heterocycles. The molecule has 134 valence electrons. The van der Waals surface area contributed by atoms with E-state index in [0.29, 0.717) is 18.5 Å². The largest absolute Gasteiger partial charge is 0.359 e. The van der Waals surface area contributed by atoms with E-state index in [-0.39, 0.29) is 24.0 Å². The molecule has 0 radical (unpaired) electrons. The summed E-state index contributed by atoms with van der Waals surface area (Å²) in [6.45, 7) is 14.3. The molecule has 7 heteroatoms. The summed E-state index contributed by atoms with van der Waals surface area (Å²) in [7, 11) is 1.78. The van der Waals surface area contributed by atoms with Crippen LogP contribution in [0.4, 0.5) is 0 Å². The van der Waals surface area contributed by atoms with E-state index >= 15 is 0 Å². The minimum Gasteiger partial charge on any atom is -0.359 e. The molecule has 1 rings (SSSR count). The number of hydrogen-bond acceptors (Lipinski definition) is 4. The number of nitrogens with one attached hydrogen (secondary N) is 2. The second kappa shape index (κ2) is 11.7. The van der Waals surface area contributed by atoms with Crippen molar-refractivity contribution in [3.8, 4) is 0 Å². The molecule has 1 unspecified atom stereocenters. The highest BCUT2D eigenvalue weighted by Gasteiger charge is 2.11. The Bertz CT molecular complexity index is 457. The number of aliphatic imine (C=N–C) groups is 1. The van der Waals surface area contributed by atoms with Crippen molar-refractivity contribution in [1.82, 2.24) is 20.7 Å². The molecule has 0 aromatic carbocycles. The van der Waals surface area contributed by atoms with E-state index in [4.69, 9.17) is 4.52 Å². The van der Waals surface area contributed by atoms with Crippen LogP contribution in [0.15, 0.2) is 15.6 Å². The summed E-state index contributed by atoms with van der Waals surface area (Å²) in [4.78, 5) is 6.65. The van der Waals surface area contributed by atoms with Crippen LogP contribution in [0.2, 0.25) is 0 Å². The van der Waals surface area contributed by atoms with E-state index in [1.165, 1.54) is 0 Å². The van der Waals surface area contributed by atoms with E-state index in [2.05, 4.69) is 60.3 Å². The normalized spacial score (nSPS) is 13.1. The summed E-state index contributed by atoms with van der Waals surface area (Å²) >= 11 is 0. The maximum absolute atomic E-state index is 5.32. The lowest BCUT2D eigenvalue weighted by molar-refractivity contribution is 0.231. The van der Waals surface area contributed by atoms with Gasteiger partial charge in [0.15, 0.2) is 11.7 Å². The van der Waals surface area contributed by atoms with Gasteiger partial charge in [-0.3, -0.25) is 9.89 Å². The van der Waals surface area contributed by atoms with Crippen molar-refractivity contribution in [1.29, 1.82) is 0 Å². The molecule has 0 aliphatic carbocycles. The molecule has 0 amide bonds. The molecule has 0 aliphatic rings. The molecule has 2 N–H and O–H groups in total. The van der Waals surface area contributed by atoms with Crippen LogP contribution in [-0.2, 0) is 6.54 Å². The van der Waals surface area contributed by atoms with Gasteiger partial charge in [-0.2, -0.15) is 0 Å². The summed E-state index contributed by atoms with van der Waals surface area (Å²) in [6.07, 6.45) is 0. The van der Waals surface area contributed by atoms with Gasteiger partial charge in [0.1, 0.15) is 0 Å². The predicted octanol–water partition coefficient (Wildman–Crippen LogP) is 2.81. The van der Waals surface area contributed by atoms with Crippen LogP contribution in [0.3, 0.4) is 0 Å². The third-order valence-electron chi connectivity index (χ3n) is 3.82. The number of aromatic nitrogens is 1. The second-order valence-corrected chi connectivity index (χ2v) is 5.75. The molecule has 0 fully saturated rings. The quantitative estimate of drug-likeness (QED) is 0.372. The van der Waals surface area contributed by atoms with Crippen molar-refractivity contribution < 1.29 is 4.52 Å². The van der Waals surface area contributed by atoms with Gasteiger partial charge in [-0.1, -0.05) is 32.9 Å². The predicted molar refractivity (Wildman–Crippen MR) is 107 cm³/mol. The number of rotatable bonds is 8. The van der Waals surface area contributed by atoms with Crippen LogP contribution >= 0.6 is 24.0 Å². The molecule has 0 saturated carbocycles. The average molecular weight is 437 g/mol. The Morgan fingerprint density at radius 3 is 2.39 bits per heavy atom. The first-order valence-corrected chi connectivity index (χ1v) is 8.15. The topological polar surface area (TPSA) is 65.7 Å². The van der Waals surface area contributed by atoms with Crippen molar-refractivity contribution in [3.05, 3.63) is 17.5 Å². The van der Waals surface area contributed by atoms with Gasteiger partial charge in [0.2, 0.25) is 0 Å². The number of nitrogens with zero attached hydrogens (tertiary/aromatic N) is 3. The highest BCUT2D eigenvalue weighted by atomic mass is 127. The number of likely N-dealkylation sites (N-methyl/N-ethyl adjacent to an activating group) is 1. The van der Waals surface area contributed by atoms with E-state index in [0.717, 1.165) is 37.0 Å². The number of halogens is 1. The Kier molecular flexibility index (Phi) is 11.2. The fourth-order valence-corrected chi connectivity index (χ4v) is 2.30. The highest BCUT2D eigenvalue weighted by molar-refractivity contribution is 14.0. The van der Waals surface area contributed by atoms with Gasteiger partial charge in [0.05, 0.1) is 12.2 Å². The molecule has 1 heterocycles. The zero-order valence-electron chi connectivity index (χ0n) is 15.2. The van der Waals surface area contributed by atoms with Crippen molar-refractivity contribution in [3.63, 3.8) is 0 Å². The molecule has 23 heavy (non-hydrogen) atoms. The van der Waals surface area contributed by atoms with Crippen molar-refractivity contribution in [2.45, 2.75) is 53.1 Å².